The average molecular weight is 269 g/mol. The third-order valence-corrected chi connectivity index (χ3v) is 4.02. The highest BCUT2D eigenvalue weighted by molar-refractivity contribution is 6.05. The summed E-state index contributed by atoms with van der Waals surface area (Å²) in [6.45, 7) is 0. The largest absolute Gasteiger partial charge is 0.346 e. The molecule has 3 rings (SSSR count). The minimum absolute atomic E-state index is 0.0580. The maximum Gasteiger partial charge on any atom is 0.270 e. The van der Waals surface area contributed by atoms with Crippen molar-refractivity contribution in [2.75, 3.05) is 0 Å². The number of rotatable bonds is 2. The van der Waals surface area contributed by atoms with Crippen LogP contribution in [-0.2, 0) is 0 Å². The Balaban J connectivity index is 1.85. The van der Waals surface area contributed by atoms with Crippen LogP contribution in [0.15, 0.2) is 36.5 Å². The van der Waals surface area contributed by atoms with Crippen molar-refractivity contribution in [3.05, 3.63) is 42.2 Å². The lowest BCUT2D eigenvalue weighted by Gasteiger charge is -2.29. The lowest BCUT2D eigenvalue weighted by Crippen LogP contribution is -2.49. The van der Waals surface area contributed by atoms with Crippen LogP contribution >= 0.6 is 0 Å². The van der Waals surface area contributed by atoms with Crippen LogP contribution in [0.2, 0.25) is 0 Å². The summed E-state index contributed by atoms with van der Waals surface area (Å²) in [5.41, 5.74) is 6.57. The van der Waals surface area contributed by atoms with Crippen LogP contribution in [0.3, 0.4) is 0 Å². The van der Waals surface area contributed by atoms with E-state index in [0.29, 0.717) is 5.69 Å². The standard InChI is InChI=1S/C16H19N3O/c17-13-7-3-4-8-14(13)19-16(20)15-12-6-2-1-5-11(12)9-10-18-15/h1-2,5-6,9-10,13-14H,3-4,7-8,17H2,(H,19,20)/t13-,14-/m1/s1. The molecule has 0 bridgehead atoms. The van der Waals surface area contributed by atoms with Gasteiger partial charge in [-0.05, 0) is 24.3 Å². The lowest BCUT2D eigenvalue weighted by atomic mass is 9.91. The highest BCUT2D eigenvalue weighted by Crippen LogP contribution is 2.19. The van der Waals surface area contributed by atoms with Crippen LogP contribution in [0.25, 0.3) is 10.8 Å². The van der Waals surface area contributed by atoms with Gasteiger partial charge in [-0.15, -0.1) is 0 Å². The molecule has 104 valence electrons. The molecule has 0 unspecified atom stereocenters. The van der Waals surface area contributed by atoms with E-state index in [-0.39, 0.29) is 18.0 Å². The number of nitrogens with zero attached hydrogens (tertiary/aromatic N) is 1. The molecule has 1 fully saturated rings. The zero-order valence-corrected chi connectivity index (χ0v) is 11.4. The number of benzene rings is 1. The second-order valence-electron chi connectivity index (χ2n) is 5.41. The van der Waals surface area contributed by atoms with E-state index in [2.05, 4.69) is 10.3 Å². The molecule has 3 N–H and O–H groups in total. The highest BCUT2D eigenvalue weighted by Gasteiger charge is 2.24. The molecule has 1 aromatic carbocycles. The molecule has 2 aromatic rings. The quantitative estimate of drug-likeness (QED) is 0.878. The molecule has 0 saturated heterocycles. The van der Waals surface area contributed by atoms with Crippen LogP contribution in [-0.4, -0.2) is 23.0 Å². The Kier molecular flexibility index (Phi) is 3.65. The van der Waals surface area contributed by atoms with Gasteiger partial charge in [0.25, 0.3) is 5.91 Å². The molecule has 1 heterocycles. The first-order valence-electron chi connectivity index (χ1n) is 7.16. The van der Waals surface area contributed by atoms with Gasteiger partial charge in [0.2, 0.25) is 0 Å². The summed E-state index contributed by atoms with van der Waals surface area (Å²) in [6, 6.07) is 9.84. The fourth-order valence-corrected chi connectivity index (χ4v) is 2.88. The number of carbonyl (C=O) groups is 1. The van der Waals surface area contributed by atoms with Gasteiger partial charge in [-0.1, -0.05) is 37.1 Å². The first kappa shape index (κ1) is 13.1. The van der Waals surface area contributed by atoms with Gasteiger partial charge in [0.1, 0.15) is 5.69 Å². The minimum Gasteiger partial charge on any atom is -0.346 e. The number of nitrogens with two attached hydrogens (primary N) is 1. The van der Waals surface area contributed by atoms with E-state index >= 15 is 0 Å². The van der Waals surface area contributed by atoms with Crippen molar-refractivity contribution in [3.63, 3.8) is 0 Å². The summed E-state index contributed by atoms with van der Waals surface area (Å²) in [5.74, 6) is -0.121. The van der Waals surface area contributed by atoms with Gasteiger partial charge in [0.05, 0.1) is 0 Å². The first-order valence-corrected chi connectivity index (χ1v) is 7.16. The topological polar surface area (TPSA) is 68.0 Å². The lowest BCUT2D eigenvalue weighted by molar-refractivity contribution is 0.0918. The van der Waals surface area contributed by atoms with Crippen LogP contribution in [0.5, 0.6) is 0 Å². The summed E-state index contributed by atoms with van der Waals surface area (Å²) in [6.07, 6.45) is 5.89. The van der Waals surface area contributed by atoms with Crippen molar-refractivity contribution in [2.24, 2.45) is 5.73 Å². The maximum absolute atomic E-state index is 12.4. The third kappa shape index (κ3) is 2.51. The zero-order valence-electron chi connectivity index (χ0n) is 11.4. The summed E-state index contributed by atoms with van der Waals surface area (Å²) in [7, 11) is 0. The molecule has 0 aliphatic heterocycles. The maximum atomic E-state index is 12.4. The third-order valence-electron chi connectivity index (χ3n) is 4.02. The Morgan fingerprint density at radius 3 is 2.85 bits per heavy atom. The van der Waals surface area contributed by atoms with E-state index in [9.17, 15) is 4.79 Å². The van der Waals surface area contributed by atoms with Gasteiger partial charge in [0.15, 0.2) is 0 Å². The smallest absolute Gasteiger partial charge is 0.270 e. The van der Waals surface area contributed by atoms with E-state index in [1.54, 1.807) is 6.20 Å². The molecule has 1 aliphatic carbocycles. The van der Waals surface area contributed by atoms with E-state index in [0.717, 1.165) is 36.5 Å². The molecule has 0 radical (unpaired) electrons. The SMILES string of the molecule is N[C@@H]1CCCC[C@H]1NC(=O)c1nccc2ccccc12. The summed E-state index contributed by atoms with van der Waals surface area (Å²) in [4.78, 5) is 16.7. The number of carbonyl (C=O) groups excluding carboxylic acids is 1. The molecule has 1 aliphatic rings. The second-order valence-corrected chi connectivity index (χ2v) is 5.41. The van der Waals surface area contributed by atoms with Crippen molar-refractivity contribution in [3.8, 4) is 0 Å². The fraction of sp³-hybridized carbons (Fsp3) is 0.375. The fourth-order valence-electron chi connectivity index (χ4n) is 2.88. The number of nitrogens with one attached hydrogen (secondary N) is 1. The Morgan fingerprint density at radius 2 is 2.00 bits per heavy atom. The van der Waals surface area contributed by atoms with Gasteiger partial charge in [-0.3, -0.25) is 9.78 Å². The number of pyridine rings is 1. The Bertz CT molecular complexity index is 621. The molecule has 1 aromatic heterocycles. The van der Waals surface area contributed by atoms with Crippen molar-refractivity contribution in [2.45, 2.75) is 37.8 Å². The average Bonchev–Trinajstić information content (AvgIpc) is 2.49. The summed E-state index contributed by atoms with van der Waals surface area (Å²) >= 11 is 0. The second kappa shape index (κ2) is 5.59. The Morgan fingerprint density at radius 1 is 1.20 bits per heavy atom. The molecular formula is C16H19N3O. The number of aromatic nitrogens is 1. The molecule has 1 amide bonds. The van der Waals surface area contributed by atoms with E-state index < -0.39 is 0 Å². The van der Waals surface area contributed by atoms with E-state index in [4.69, 9.17) is 5.73 Å². The predicted molar refractivity (Wildman–Crippen MR) is 79.4 cm³/mol. The predicted octanol–water partition coefficient (Wildman–Crippen LogP) is 2.23. The molecule has 4 heteroatoms. The normalized spacial score (nSPS) is 22.6. The van der Waals surface area contributed by atoms with Gasteiger partial charge in [-0.2, -0.15) is 0 Å². The highest BCUT2D eigenvalue weighted by atomic mass is 16.1. The zero-order chi connectivity index (χ0) is 13.9. The number of hydrogen-bond acceptors (Lipinski definition) is 3. The van der Waals surface area contributed by atoms with Gasteiger partial charge < -0.3 is 11.1 Å². The van der Waals surface area contributed by atoms with Crippen LogP contribution < -0.4 is 11.1 Å². The monoisotopic (exact) mass is 269 g/mol. The molecule has 1 saturated carbocycles. The van der Waals surface area contributed by atoms with Crippen LogP contribution in [0.4, 0.5) is 0 Å². The van der Waals surface area contributed by atoms with Crippen molar-refractivity contribution in [1.29, 1.82) is 0 Å². The van der Waals surface area contributed by atoms with Crippen LogP contribution in [0.1, 0.15) is 36.2 Å². The van der Waals surface area contributed by atoms with Gasteiger partial charge in [0, 0.05) is 23.7 Å². The number of hydrogen-bond donors (Lipinski definition) is 2. The molecule has 0 spiro atoms. The van der Waals surface area contributed by atoms with E-state index in [1.165, 1.54) is 0 Å². The Hall–Kier alpha value is -1.94. The minimum atomic E-state index is -0.121. The van der Waals surface area contributed by atoms with Gasteiger partial charge in [-0.25, -0.2) is 0 Å². The molecule has 2 atom stereocenters. The molecular weight excluding hydrogens is 250 g/mol. The van der Waals surface area contributed by atoms with Crippen molar-refractivity contribution in [1.82, 2.24) is 10.3 Å². The van der Waals surface area contributed by atoms with Crippen LogP contribution in [0, 0.1) is 0 Å². The summed E-state index contributed by atoms with van der Waals surface area (Å²) in [5, 5.41) is 4.96. The van der Waals surface area contributed by atoms with Gasteiger partial charge >= 0.3 is 0 Å². The first-order chi connectivity index (χ1) is 9.75. The number of fused-ring (bicyclic) bond motifs is 1. The van der Waals surface area contributed by atoms with Crippen molar-refractivity contribution >= 4 is 16.7 Å². The van der Waals surface area contributed by atoms with Crippen molar-refractivity contribution < 1.29 is 4.79 Å². The molecule has 4 nitrogen and oxygen atoms in total. The molecule has 20 heavy (non-hydrogen) atoms. The Labute approximate surface area is 118 Å². The number of amides is 1. The van der Waals surface area contributed by atoms with E-state index in [1.807, 2.05) is 30.3 Å². The summed E-state index contributed by atoms with van der Waals surface area (Å²) < 4.78 is 0.